The van der Waals surface area contributed by atoms with Crippen LogP contribution in [-0.2, 0) is 9.53 Å². The van der Waals surface area contributed by atoms with Crippen molar-refractivity contribution in [3.63, 3.8) is 0 Å². The molecular weight excluding hydrogens is 192 g/mol. The summed E-state index contributed by atoms with van der Waals surface area (Å²) in [6.07, 6.45) is 1.09. The van der Waals surface area contributed by atoms with Crippen molar-refractivity contribution in [3.8, 4) is 0 Å². The molecule has 90 valence electrons. The highest BCUT2D eigenvalue weighted by Crippen LogP contribution is 2.18. The van der Waals surface area contributed by atoms with Crippen molar-refractivity contribution < 1.29 is 9.53 Å². The van der Waals surface area contributed by atoms with E-state index < -0.39 is 5.41 Å². The Bertz CT molecular complexity index is 193. The standard InChI is InChI=1S/C11H24N2O2/c1-11(2,10(14)15-5)9-13(4)8-6-7-12-3/h12H,6-9H2,1-5H3. The number of carbonyl (C=O) groups is 1. The van der Waals surface area contributed by atoms with Gasteiger partial charge < -0.3 is 15.0 Å². The first kappa shape index (κ1) is 14.4. The van der Waals surface area contributed by atoms with Crippen LogP contribution in [0, 0.1) is 5.41 Å². The van der Waals surface area contributed by atoms with Crippen LogP contribution >= 0.6 is 0 Å². The maximum atomic E-state index is 11.4. The van der Waals surface area contributed by atoms with Gasteiger partial charge in [-0.1, -0.05) is 0 Å². The van der Waals surface area contributed by atoms with Crippen LogP contribution in [-0.4, -0.2) is 51.7 Å². The van der Waals surface area contributed by atoms with Crippen LogP contribution in [0.5, 0.6) is 0 Å². The summed E-state index contributed by atoms with van der Waals surface area (Å²) in [6, 6.07) is 0. The summed E-state index contributed by atoms with van der Waals surface area (Å²) in [5.74, 6) is -0.150. The smallest absolute Gasteiger partial charge is 0.312 e. The lowest BCUT2D eigenvalue weighted by molar-refractivity contribution is -0.151. The van der Waals surface area contributed by atoms with E-state index in [1.807, 2.05) is 27.9 Å². The van der Waals surface area contributed by atoms with Crippen LogP contribution in [0.25, 0.3) is 0 Å². The molecule has 1 N–H and O–H groups in total. The van der Waals surface area contributed by atoms with Crippen molar-refractivity contribution in [2.24, 2.45) is 5.41 Å². The molecule has 0 aromatic rings. The van der Waals surface area contributed by atoms with Gasteiger partial charge in [0.25, 0.3) is 0 Å². The third-order valence-corrected chi connectivity index (χ3v) is 2.37. The highest BCUT2D eigenvalue weighted by Gasteiger charge is 2.29. The molecule has 0 heterocycles. The summed E-state index contributed by atoms with van der Waals surface area (Å²) in [6.45, 7) is 6.54. The maximum absolute atomic E-state index is 11.4. The average Bonchev–Trinajstić information content (AvgIpc) is 2.16. The molecule has 0 radical (unpaired) electrons. The van der Waals surface area contributed by atoms with Crippen LogP contribution in [0.2, 0.25) is 0 Å². The van der Waals surface area contributed by atoms with E-state index >= 15 is 0 Å². The van der Waals surface area contributed by atoms with E-state index in [2.05, 4.69) is 10.2 Å². The van der Waals surface area contributed by atoms with Crippen molar-refractivity contribution in [2.45, 2.75) is 20.3 Å². The number of hydrogen-bond donors (Lipinski definition) is 1. The van der Waals surface area contributed by atoms with Crippen molar-refractivity contribution in [2.75, 3.05) is 40.8 Å². The van der Waals surface area contributed by atoms with E-state index in [1.54, 1.807) is 0 Å². The van der Waals surface area contributed by atoms with Gasteiger partial charge >= 0.3 is 5.97 Å². The Labute approximate surface area is 93.0 Å². The number of esters is 1. The first-order valence-corrected chi connectivity index (χ1v) is 5.35. The molecule has 0 spiro atoms. The SMILES string of the molecule is CNCCCN(C)CC(C)(C)C(=O)OC. The summed E-state index contributed by atoms with van der Waals surface area (Å²) in [5, 5.41) is 3.10. The monoisotopic (exact) mass is 216 g/mol. The Morgan fingerprint density at radius 2 is 2.07 bits per heavy atom. The zero-order chi connectivity index (χ0) is 11.9. The molecule has 0 saturated carbocycles. The van der Waals surface area contributed by atoms with E-state index in [0.29, 0.717) is 0 Å². The van der Waals surface area contributed by atoms with Gasteiger partial charge in [0, 0.05) is 6.54 Å². The maximum Gasteiger partial charge on any atom is 0.312 e. The molecule has 0 bridgehead atoms. The Morgan fingerprint density at radius 1 is 1.47 bits per heavy atom. The van der Waals surface area contributed by atoms with Crippen molar-refractivity contribution >= 4 is 5.97 Å². The fourth-order valence-corrected chi connectivity index (χ4v) is 1.62. The van der Waals surface area contributed by atoms with Crippen LogP contribution in [0.1, 0.15) is 20.3 Å². The zero-order valence-electron chi connectivity index (χ0n) is 10.6. The van der Waals surface area contributed by atoms with E-state index in [4.69, 9.17) is 4.74 Å². The molecule has 0 aliphatic carbocycles. The molecule has 0 aromatic carbocycles. The van der Waals surface area contributed by atoms with Gasteiger partial charge in [0.1, 0.15) is 0 Å². The number of ether oxygens (including phenoxy) is 1. The number of methoxy groups -OCH3 is 1. The van der Waals surface area contributed by atoms with Gasteiger partial charge in [0.2, 0.25) is 0 Å². The molecule has 4 nitrogen and oxygen atoms in total. The fraction of sp³-hybridized carbons (Fsp3) is 0.909. The summed E-state index contributed by atoms with van der Waals surface area (Å²) < 4.78 is 4.76. The predicted octanol–water partition coefficient (Wildman–Crippen LogP) is 0.727. The van der Waals surface area contributed by atoms with Crippen LogP contribution in [0.15, 0.2) is 0 Å². The lowest BCUT2D eigenvalue weighted by atomic mass is 9.93. The van der Waals surface area contributed by atoms with Gasteiger partial charge in [-0.15, -0.1) is 0 Å². The molecule has 4 heteroatoms. The third-order valence-electron chi connectivity index (χ3n) is 2.37. The number of nitrogens with zero attached hydrogens (tertiary/aromatic N) is 1. The van der Waals surface area contributed by atoms with Crippen molar-refractivity contribution in [3.05, 3.63) is 0 Å². The van der Waals surface area contributed by atoms with Gasteiger partial charge in [-0.2, -0.15) is 0 Å². The largest absolute Gasteiger partial charge is 0.469 e. The molecule has 0 atom stereocenters. The summed E-state index contributed by atoms with van der Waals surface area (Å²) in [5.41, 5.74) is -0.427. The quantitative estimate of drug-likeness (QED) is 0.503. The molecule has 0 aliphatic heterocycles. The Hall–Kier alpha value is -0.610. The first-order chi connectivity index (χ1) is 6.94. The highest BCUT2D eigenvalue weighted by atomic mass is 16.5. The molecule has 0 aromatic heterocycles. The van der Waals surface area contributed by atoms with Gasteiger partial charge in [0.05, 0.1) is 12.5 Å². The Kier molecular flexibility index (Phi) is 6.52. The average molecular weight is 216 g/mol. The normalized spacial score (nSPS) is 11.9. The minimum atomic E-state index is -0.427. The summed E-state index contributed by atoms with van der Waals surface area (Å²) in [4.78, 5) is 13.6. The highest BCUT2D eigenvalue weighted by molar-refractivity contribution is 5.76. The molecule has 0 saturated heterocycles. The zero-order valence-corrected chi connectivity index (χ0v) is 10.6. The van der Waals surface area contributed by atoms with Gasteiger partial charge in [0.15, 0.2) is 0 Å². The van der Waals surface area contributed by atoms with Gasteiger partial charge in [-0.25, -0.2) is 0 Å². The first-order valence-electron chi connectivity index (χ1n) is 5.35. The lowest BCUT2D eigenvalue weighted by Gasteiger charge is -2.27. The predicted molar refractivity (Wildman–Crippen MR) is 61.8 cm³/mol. The van der Waals surface area contributed by atoms with E-state index in [1.165, 1.54) is 7.11 Å². The van der Waals surface area contributed by atoms with Crippen molar-refractivity contribution in [1.29, 1.82) is 0 Å². The second-order valence-electron chi connectivity index (χ2n) is 4.57. The minimum Gasteiger partial charge on any atom is -0.469 e. The minimum absolute atomic E-state index is 0.150. The number of rotatable bonds is 7. The second-order valence-corrected chi connectivity index (χ2v) is 4.57. The second kappa shape index (κ2) is 6.80. The molecule has 0 aliphatic rings. The Balaban J connectivity index is 3.93. The topological polar surface area (TPSA) is 41.6 Å². The summed E-state index contributed by atoms with van der Waals surface area (Å²) >= 11 is 0. The molecule has 15 heavy (non-hydrogen) atoms. The number of nitrogens with one attached hydrogen (secondary N) is 1. The van der Waals surface area contributed by atoms with Crippen LogP contribution in [0.4, 0.5) is 0 Å². The number of hydrogen-bond acceptors (Lipinski definition) is 4. The number of carbonyl (C=O) groups excluding carboxylic acids is 1. The molecule has 0 unspecified atom stereocenters. The summed E-state index contributed by atoms with van der Waals surface area (Å²) in [7, 11) is 5.41. The van der Waals surface area contributed by atoms with E-state index in [0.717, 1.165) is 26.1 Å². The molecular formula is C11H24N2O2. The van der Waals surface area contributed by atoms with Crippen LogP contribution in [0.3, 0.4) is 0 Å². The lowest BCUT2D eigenvalue weighted by Crippen LogP contribution is -2.38. The molecule has 0 fully saturated rings. The van der Waals surface area contributed by atoms with Crippen molar-refractivity contribution in [1.82, 2.24) is 10.2 Å². The van der Waals surface area contributed by atoms with Gasteiger partial charge in [-0.05, 0) is 47.5 Å². The van der Waals surface area contributed by atoms with Crippen LogP contribution < -0.4 is 5.32 Å². The van der Waals surface area contributed by atoms with E-state index in [9.17, 15) is 4.79 Å². The molecule has 0 rings (SSSR count). The fourth-order valence-electron chi connectivity index (χ4n) is 1.62. The Morgan fingerprint density at radius 3 is 2.53 bits per heavy atom. The third kappa shape index (κ3) is 5.74. The molecule has 0 amide bonds. The van der Waals surface area contributed by atoms with Gasteiger partial charge in [-0.3, -0.25) is 4.79 Å². The van der Waals surface area contributed by atoms with E-state index in [-0.39, 0.29) is 5.97 Å².